The van der Waals surface area contributed by atoms with E-state index in [1.54, 1.807) is 12.1 Å². The van der Waals surface area contributed by atoms with Crippen LogP contribution in [0.25, 0.3) is 0 Å². The number of nitrogens with one attached hydrogen (secondary N) is 2. The Bertz CT molecular complexity index is 390. The number of nitrogen functional groups attached to an aromatic ring is 1. The number of nitrogens with zero attached hydrogens (tertiary/aromatic N) is 1. The highest BCUT2D eigenvalue weighted by Crippen LogP contribution is 2.32. The van der Waals surface area contributed by atoms with Gasteiger partial charge in [0.1, 0.15) is 0 Å². The van der Waals surface area contributed by atoms with Gasteiger partial charge in [-0.05, 0) is 12.1 Å². The van der Waals surface area contributed by atoms with Crippen molar-refractivity contribution in [2.45, 2.75) is 0 Å². The van der Waals surface area contributed by atoms with Crippen molar-refractivity contribution in [3.63, 3.8) is 0 Å². The zero-order chi connectivity index (χ0) is 10.8. The molecule has 1 aromatic carbocycles. The molecule has 4 nitrogen and oxygen atoms in total. The number of guanidine groups is 1. The van der Waals surface area contributed by atoms with Gasteiger partial charge in [0.25, 0.3) is 0 Å². The molecule has 0 atom stereocenters. The van der Waals surface area contributed by atoms with E-state index in [1.165, 1.54) is 0 Å². The van der Waals surface area contributed by atoms with Gasteiger partial charge in [-0.15, -0.1) is 24.8 Å². The van der Waals surface area contributed by atoms with Crippen molar-refractivity contribution in [2.24, 2.45) is 4.99 Å². The summed E-state index contributed by atoms with van der Waals surface area (Å²) in [6.45, 7) is 1.74. The van der Waals surface area contributed by atoms with E-state index >= 15 is 0 Å². The number of benzene rings is 1. The fourth-order valence-corrected chi connectivity index (χ4v) is 1.74. The van der Waals surface area contributed by atoms with Gasteiger partial charge >= 0.3 is 0 Å². The summed E-state index contributed by atoms with van der Waals surface area (Å²) in [5, 5.41) is 6.99. The molecule has 17 heavy (non-hydrogen) atoms. The van der Waals surface area contributed by atoms with Gasteiger partial charge in [0.05, 0.1) is 21.4 Å². The number of nitrogens with two attached hydrogens (primary N) is 1. The van der Waals surface area contributed by atoms with Crippen LogP contribution in [0.2, 0.25) is 10.0 Å². The third kappa shape index (κ3) is 4.00. The van der Waals surface area contributed by atoms with Crippen LogP contribution in [0.15, 0.2) is 17.1 Å². The summed E-state index contributed by atoms with van der Waals surface area (Å²) in [5.41, 5.74) is 6.68. The van der Waals surface area contributed by atoms with Crippen LogP contribution < -0.4 is 16.4 Å². The fourth-order valence-electron chi connectivity index (χ4n) is 1.27. The minimum atomic E-state index is 0. The number of hydrogen-bond donors (Lipinski definition) is 3. The quantitative estimate of drug-likeness (QED) is 0.698. The maximum atomic E-state index is 5.89. The third-order valence-corrected chi connectivity index (χ3v) is 2.64. The zero-order valence-corrected chi connectivity index (χ0v) is 11.8. The minimum absolute atomic E-state index is 0. The maximum absolute atomic E-state index is 5.89. The van der Waals surface area contributed by atoms with E-state index in [2.05, 4.69) is 15.6 Å². The first-order valence-corrected chi connectivity index (χ1v) is 5.23. The van der Waals surface area contributed by atoms with Crippen LogP contribution >= 0.6 is 48.0 Å². The molecule has 0 aliphatic carbocycles. The minimum Gasteiger partial charge on any atom is -0.396 e. The van der Waals surface area contributed by atoms with Crippen molar-refractivity contribution < 1.29 is 0 Å². The summed E-state index contributed by atoms with van der Waals surface area (Å²) in [7, 11) is 0. The van der Waals surface area contributed by atoms with E-state index in [1.807, 2.05) is 0 Å². The molecule has 1 saturated heterocycles. The summed E-state index contributed by atoms with van der Waals surface area (Å²) in [5.74, 6) is 0.729. The first-order chi connectivity index (χ1) is 7.16. The lowest BCUT2D eigenvalue weighted by Gasteiger charge is -2.04. The number of halogens is 4. The van der Waals surface area contributed by atoms with E-state index < -0.39 is 0 Å². The molecule has 1 aliphatic rings. The normalized spacial score (nSPS) is 12.9. The summed E-state index contributed by atoms with van der Waals surface area (Å²) >= 11 is 11.8. The van der Waals surface area contributed by atoms with E-state index in [0.29, 0.717) is 21.4 Å². The van der Waals surface area contributed by atoms with Gasteiger partial charge in [-0.1, -0.05) is 23.2 Å². The highest BCUT2D eigenvalue weighted by molar-refractivity contribution is 6.39. The molecule has 0 unspecified atom stereocenters. The topological polar surface area (TPSA) is 62.4 Å². The second kappa shape index (κ2) is 7.01. The molecule has 1 aliphatic heterocycles. The molecular formula is C9H12Cl4N4. The second-order valence-electron chi connectivity index (χ2n) is 3.14. The Labute approximate surface area is 122 Å². The van der Waals surface area contributed by atoms with Crippen LogP contribution in [0.1, 0.15) is 0 Å². The van der Waals surface area contributed by atoms with Gasteiger partial charge in [-0.2, -0.15) is 0 Å². The molecule has 0 spiro atoms. The van der Waals surface area contributed by atoms with Gasteiger partial charge in [-0.3, -0.25) is 0 Å². The summed E-state index contributed by atoms with van der Waals surface area (Å²) in [4.78, 5) is 4.29. The summed E-state index contributed by atoms with van der Waals surface area (Å²) in [6, 6.07) is 3.36. The van der Waals surface area contributed by atoms with Crippen molar-refractivity contribution in [3.05, 3.63) is 22.2 Å². The summed E-state index contributed by atoms with van der Waals surface area (Å²) < 4.78 is 0. The predicted molar refractivity (Wildman–Crippen MR) is 78.5 cm³/mol. The van der Waals surface area contributed by atoms with E-state index in [0.717, 1.165) is 19.0 Å². The highest BCUT2D eigenvalue weighted by atomic mass is 35.5. The van der Waals surface area contributed by atoms with Crippen LogP contribution in [0.4, 0.5) is 11.4 Å². The third-order valence-electron chi connectivity index (χ3n) is 2.01. The molecule has 0 saturated carbocycles. The Hall–Kier alpha value is -0.550. The molecule has 1 fully saturated rings. The van der Waals surface area contributed by atoms with Crippen LogP contribution in [0, 0.1) is 0 Å². The van der Waals surface area contributed by atoms with Gasteiger partial charge in [0.2, 0.25) is 0 Å². The lowest BCUT2D eigenvalue weighted by atomic mass is 10.3. The Balaban J connectivity index is 0.00000128. The smallest absolute Gasteiger partial charge is 0.196 e. The van der Waals surface area contributed by atoms with Crippen molar-refractivity contribution in [1.82, 2.24) is 10.6 Å². The lowest BCUT2D eigenvalue weighted by molar-refractivity contribution is 0.942. The molecule has 1 aromatic rings. The van der Waals surface area contributed by atoms with E-state index in [-0.39, 0.29) is 24.8 Å². The molecule has 0 radical (unpaired) electrons. The molecule has 2 rings (SSSR count). The Morgan fingerprint density at radius 2 is 1.53 bits per heavy atom. The second-order valence-corrected chi connectivity index (χ2v) is 3.95. The van der Waals surface area contributed by atoms with Crippen molar-refractivity contribution >= 4 is 65.4 Å². The van der Waals surface area contributed by atoms with Gasteiger partial charge in [0, 0.05) is 13.1 Å². The van der Waals surface area contributed by atoms with Crippen LogP contribution in [-0.2, 0) is 0 Å². The average Bonchev–Trinajstić information content (AvgIpc) is 2.66. The Kier molecular flexibility index (Phi) is 6.78. The standard InChI is InChI=1S/C9H10Cl2N4.2ClH/c10-6-3-5(4-7(11)8(6)12)15-9-13-1-2-14-9;;/h3-4H,1-2,12H2,(H2,13,14,15);2*1H. The van der Waals surface area contributed by atoms with Gasteiger partial charge in [-0.25, -0.2) is 4.99 Å². The molecule has 1 heterocycles. The monoisotopic (exact) mass is 316 g/mol. The number of hydrogen-bond acceptors (Lipinski definition) is 2. The molecule has 96 valence electrons. The molecule has 0 amide bonds. The molecule has 4 N–H and O–H groups in total. The molecule has 0 aromatic heterocycles. The number of anilines is 1. The molecular weight excluding hydrogens is 306 g/mol. The SMILES string of the molecule is Cl.Cl.Nc1c(Cl)cc(N=C2NCCN2)cc1Cl. The van der Waals surface area contributed by atoms with Gasteiger partial charge in [0.15, 0.2) is 5.96 Å². The number of rotatable bonds is 1. The van der Waals surface area contributed by atoms with Crippen LogP contribution in [0.5, 0.6) is 0 Å². The van der Waals surface area contributed by atoms with E-state index in [4.69, 9.17) is 28.9 Å². The van der Waals surface area contributed by atoms with Gasteiger partial charge < -0.3 is 16.4 Å². The predicted octanol–water partition coefficient (Wildman–Crippen LogP) is 2.60. The van der Waals surface area contributed by atoms with E-state index in [9.17, 15) is 0 Å². The lowest BCUT2D eigenvalue weighted by Crippen LogP contribution is -2.23. The first-order valence-electron chi connectivity index (χ1n) is 4.48. The van der Waals surface area contributed by atoms with Crippen LogP contribution in [-0.4, -0.2) is 19.0 Å². The fraction of sp³-hybridized carbons (Fsp3) is 0.222. The van der Waals surface area contributed by atoms with Crippen LogP contribution in [0.3, 0.4) is 0 Å². The highest BCUT2D eigenvalue weighted by Gasteiger charge is 2.07. The van der Waals surface area contributed by atoms with Crippen molar-refractivity contribution in [2.75, 3.05) is 18.8 Å². The molecule has 8 heteroatoms. The number of aliphatic imine (C=N–C) groups is 1. The van der Waals surface area contributed by atoms with Crippen molar-refractivity contribution in [3.8, 4) is 0 Å². The Morgan fingerprint density at radius 3 is 2.00 bits per heavy atom. The Morgan fingerprint density at radius 1 is 1.06 bits per heavy atom. The summed E-state index contributed by atoms with van der Waals surface area (Å²) in [6.07, 6.45) is 0. The first kappa shape index (κ1) is 16.4. The van der Waals surface area contributed by atoms with Crippen molar-refractivity contribution in [1.29, 1.82) is 0 Å². The largest absolute Gasteiger partial charge is 0.396 e. The maximum Gasteiger partial charge on any atom is 0.196 e. The average molecular weight is 318 g/mol. The zero-order valence-electron chi connectivity index (χ0n) is 8.67. The molecule has 0 bridgehead atoms.